The number of morpholine rings is 1. The van der Waals surface area contributed by atoms with Gasteiger partial charge in [0.2, 0.25) is 21.8 Å². The molecule has 38 heavy (non-hydrogen) atoms. The topological polar surface area (TPSA) is 124 Å². The number of carbonyl (C=O) groups excluding carboxylic acids is 2. The lowest BCUT2D eigenvalue weighted by atomic mass is 10.2. The van der Waals surface area contributed by atoms with E-state index >= 15 is 0 Å². The summed E-state index contributed by atoms with van der Waals surface area (Å²) in [6.07, 6.45) is 0.722. The summed E-state index contributed by atoms with van der Waals surface area (Å²) in [6.45, 7) is 3.77. The molecule has 1 atom stereocenters. The molecule has 2 aliphatic rings. The van der Waals surface area contributed by atoms with Gasteiger partial charge in [0.15, 0.2) is 0 Å². The average molecular weight is 559 g/mol. The maximum absolute atomic E-state index is 13.3. The molecule has 200 valence electrons. The number of hydrogen-bond donors (Lipinski definition) is 0. The van der Waals surface area contributed by atoms with Gasteiger partial charge in [-0.2, -0.15) is 4.31 Å². The van der Waals surface area contributed by atoms with Crippen molar-refractivity contribution >= 4 is 39.7 Å². The molecule has 11 nitrogen and oxygen atoms in total. The van der Waals surface area contributed by atoms with Crippen LogP contribution in [-0.2, 0) is 24.3 Å². The predicted octanol–water partition coefficient (Wildman–Crippen LogP) is 3.19. The number of imide groups is 1. The fourth-order valence-corrected chi connectivity index (χ4v) is 6.02. The Morgan fingerprint density at radius 1 is 1.11 bits per heavy atom. The monoisotopic (exact) mass is 558 g/mol. The number of benzene rings is 2. The Morgan fingerprint density at radius 3 is 2.55 bits per heavy atom. The third-order valence-corrected chi connectivity index (χ3v) is 8.41. The van der Waals surface area contributed by atoms with Crippen LogP contribution in [0.2, 0.25) is 0 Å². The Hall–Kier alpha value is -3.39. The van der Waals surface area contributed by atoms with Crippen LogP contribution in [0.5, 0.6) is 5.75 Å². The minimum absolute atomic E-state index is 0.0464. The molecule has 1 unspecified atom stereocenters. The van der Waals surface area contributed by atoms with E-state index < -0.39 is 27.9 Å². The molecular formula is C25H26N4O7S2. The van der Waals surface area contributed by atoms with Gasteiger partial charge in [-0.3, -0.25) is 9.59 Å². The van der Waals surface area contributed by atoms with Crippen molar-refractivity contribution in [2.24, 2.45) is 0 Å². The summed E-state index contributed by atoms with van der Waals surface area (Å²) in [7, 11) is -3.74. The number of ether oxygens (including phenoxy) is 2. The van der Waals surface area contributed by atoms with Gasteiger partial charge in [-0.15, -0.1) is 5.10 Å². The first-order chi connectivity index (χ1) is 18.3. The van der Waals surface area contributed by atoms with Gasteiger partial charge in [-0.1, -0.05) is 13.0 Å². The van der Waals surface area contributed by atoms with Crippen LogP contribution in [0.1, 0.15) is 25.8 Å². The van der Waals surface area contributed by atoms with E-state index in [0.717, 1.165) is 11.3 Å². The van der Waals surface area contributed by atoms with E-state index in [2.05, 4.69) is 5.10 Å². The number of anilines is 1. The molecule has 13 heteroatoms. The quantitative estimate of drug-likeness (QED) is 0.303. The van der Waals surface area contributed by atoms with Gasteiger partial charge in [0.25, 0.3) is 10.7 Å². The molecule has 2 fully saturated rings. The Kier molecular flexibility index (Phi) is 7.43. The predicted molar refractivity (Wildman–Crippen MR) is 139 cm³/mol. The number of amides is 2. The first-order valence-corrected chi connectivity index (χ1v) is 14.0. The lowest BCUT2D eigenvalue weighted by Gasteiger charge is -2.26. The van der Waals surface area contributed by atoms with Crippen LogP contribution >= 0.6 is 12.2 Å². The Labute approximate surface area is 224 Å². The van der Waals surface area contributed by atoms with Crippen LogP contribution in [0.25, 0.3) is 11.5 Å². The van der Waals surface area contributed by atoms with Gasteiger partial charge in [-0.05, 0) is 61.1 Å². The van der Waals surface area contributed by atoms with Gasteiger partial charge < -0.3 is 13.9 Å². The molecule has 2 saturated heterocycles. The van der Waals surface area contributed by atoms with Crippen LogP contribution in [0.3, 0.4) is 0 Å². The summed E-state index contributed by atoms with van der Waals surface area (Å²) in [5, 5.41) is 4.36. The number of sulfonamides is 1. The van der Waals surface area contributed by atoms with Crippen LogP contribution in [0, 0.1) is 4.84 Å². The summed E-state index contributed by atoms with van der Waals surface area (Å²) in [6, 6.07) is 11.9. The SMILES string of the molecule is CCCOc1ccc(N2C(=O)CC(n3nc(-c4cccc(S(=O)(=O)N5CCOCC5)c4)oc3=S)C2=O)cc1. The van der Waals surface area contributed by atoms with Crippen molar-refractivity contribution in [3.63, 3.8) is 0 Å². The highest BCUT2D eigenvalue weighted by Gasteiger charge is 2.42. The zero-order valence-corrected chi connectivity index (χ0v) is 22.2. The van der Waals surface area contributed by atoms with Crippen molar-refractivity contribution in [2.45, 2.75) is 30.7 Å². The molecule has 2 aliphatic heterocycles. The molecule has 0 saturated carbocycles. The van der Waals surface area contributed by atoms with Crippen LogP contribution in [0.4, 0.5) is 5.69 Å². The van der Waals surface area contributed by atoms with Crippen molar-refractivity contribution in [1.29, 1.82) is 0 Å². The van der Waals surface area contributed by atoms with Gasteiger partial charge >= 0.3 is 0 Å². The van der Waals surface area contributed by atoms with Crippen molar-refractivity contribution in [3.8, 4) is 17.2 Å². The Morgan fingerprint density at radius 2 is 1.84 bits per heavy atom. The molecule has 0 spiro atoms. The summed E-state index contributed by atoms with van der Waals surface area (Å²) >= 11 is 5.32. The highest BCUT2D eigenvalue weighted by Crippen LogP contribution is 2.32. The number of aromatic nitrogens is 2. The molecule has 0 aliphatic carbocycles. The molecule has 0 N–H and O–H groups in total. The van der Waals surface area contributed by atoms with Crippen molar-refractivity contribution in [3.05, 3.63) is 53.4 Å². The van der Waals surface area contributed by atoms with Gasteiger partial charge in [-0.25, -0.2) is 18.0 Å². The minimum Gasteiger partial charge on any atom is -0.494 e. The zero-order chi connectivity index (χ0) is 26.9. The number of nitrogens with zero attached hydrogens (tertiary/aromatic N) is 4. The maximum Gasteiger partial charge on any atom is 0.288 e. The van der Waals surface area contributed by atoms with Crippen LogP contribution in [-0.4, -0.2) is 67.2 Å². The lowest BCUT2D eigenvalue weighted by molar-refractivity contribution is -0.122. The average Bonchev–Trinajstić information content (AvgIpc) is 3.46. The van der Waals surface area contributed by atoms with Crippen LogP contribution < -0.4 is 9.64 Å². The molecule has 0 radical (unpaired) electrons. The molecule has 3 aromatic rings. The molecule has 3 heterocycles. The third-order valence-electron chi connectivity index (χ3n) is 6.24. The van der Waals surface area contributed by atoms with E-state index in [4.69, 9.17) is 26.1 Å². The molecule has 2 aromatic carbocycles. The summed E-state index contributed by atoms with van der Waals surface area (Å²) in [4.78, 5) is 27.1. The molecular weight excluding hydrogens is 532 g/mol. The van der Waals surface area contributed by atoms with Crippen LogP contribution in [0.15, 0.2) is 57.8 Å². The summed E-state index contributed by atoms with van der Waals surface area (Å²) in [5.41, 5.74) is 0.795. The van der Waals surface area contributed by atoms with Crippen molar-refractivity contribution in [2.75, 3.05) is 37.8 Å². The van der Waals surface area contributed by atoms with Gasteiger partial charge in [0.1, 0.15) is 11.8 Å². The normalized spacial score (nSPS) is 18.8. The van der Waals surface area contributed by atoms with E-state index in [1.54, 1.807) is 36.4 Å². The minimum atomic E-state index is -3.74. The van der Waals surface area contributed by atoms with Crippen molar-refractivity contribution in [1.82, 2.24) is 14.1 Å². The molecule has 0 bridgehead atoms. The second kappa shape index (κ2) is 10.8. The zero-order valence-electron chi connectivity index (χ0n) is 20.6. The first-order valence-electron chi connectivity index (χ1n) is 12.2. The highest BCUT2D eigenvalue weighted by atomic mass is 32.2. The van der Waals surface area contributed by atoms with E-state index in [1.165, 1.54) is 21.1 Å². The fourth-order valence-electron chi connectivity index (χ4n) is 4.32. The molecule has 1 aromatic heterocycles. The largest absolute Gasteiger partial charge is 0.494 e. The summed E-state index contributed by atoms with van der Waals surface area (Å²) < 4.78 is 45.2. The van der Waals surface area contributed by atoms with Crippen molar-refractivity contribution < 1.29 is 31.9 Å². The first kappa shape index (κ1) is 26.2. The molecule has 5 rings (SSSR count). The van der Waals surface area contributed by atoms with Gasteiger partial charge in [0.05, 0.1) is 36.8 Å². The van der Waals surface area contributed by atoms with E-state index in [0.29, 0.717) is 36.8 Å². The second-order valence-electron chi connectivity index (χ2n) is 8.79. The highest BCUT2D eigenvalue weighted by molar-refractivity contribution is 7.89. The third kappa shape index (κ3) is 5.01. The van der Waals surface area contributed by atoms with Gasteiger partial charge in [0, 0.05) is 18.7 Å². The smallest absolute Gasteiger partial charge is 0.288 e. The maximum atomic E-state index is 13.3. The van der Waals surface area contributed by atoms with E-state index in [1.807, 2.05) is 6.92 Å². The Bertz CT molecular complexity index is 1510. The number of carbonyl (C=O) groups is 2. The fraction of sp³-hybridized carbons (Fsp3) is 0.360. The standard InChI is InChI=1S/C25H26N4O7S2/c1-2-12-35-19-8-6-18(7-9-19)28-22(30)16-21(24(28)31)29-25(37)36-23(26-29)17-4-3-5-20(15-17)38(32,33)27-10-13-34-14-11-27/h3-9,15,21H,2,10-14,16H2,1H3. The second-order valence-corrected chi connectivity index (χ2v) is 11.1. The lowest BCUT2D eigenvalue weighted by Crippen LogP contribution is -2.40. The summed E-state index contributed by atoms with van der Waals surface area (Å²) in [5.74, 6) is -0.193. The number of hydrogen-bond acceptors (Lipinski definition) is 9. The number of rotatable bonds is 8. The Balaban J connectivity index is 1.39. The molecule has 2 amide bonds. The van der Waals surface area contributed by atoms with E-state index in [9.17, 15) is 18.0 Å². The van der Waals surface area contributed by atoms with E-state index in [-0.39, 0.29) is 35.1 Å².